The molecule has 0 spiro atoms. The Morgan fingerprint density at radius 1 is 1.16 bits per heavy atom. The number of hydrogen-bond donors (Lipinski definition) is 1. The molecule has 0 fully saturated rings. The standard InChI is InChI=1S/C20H25ClN2O2/c1-4-16-5-9-18(10-6-16)22-20(24)15(2)23(3)13-14-25-19-11-7-17(21)8-12-19/h5-12,15H,4,13-14H2,1-3H3,(H,22,24). The van der Waals surface area contributed by atoms with Gasteiger partial charge in [-0.2, -0.15) is 0 Å². The summed E-state index contributed by atoms with van der Waals surface area (Å²) >= 11 is 5.85. The Morgan fingerprint density at radius 2 is 1.80 bits per heavy atom. The van der Waals surface area contributed by atoms with Crippen LogP contribution in [-0.2, 0) is 11.2 Å². The fourth-order valence-electron chi connectivity index (χ4n) is 2.30. The second-order valence-electron chi connectivity index (χ2n) is 6.00. The molecule has 0 radical (unpaired) electrons. The third-order valence-corrected chi connectivity index (χ3v) is 4.45. The van der Waals surface area contributed by atoms with E-state index in [2.05, 4.69) is 12.2 Å². The molecule has 0 aliphatic carbocycles. The van der Waals surface area contributed by atoms with Gasteiger partial charge in [-0.05, 0) is 62.4 Å². The average Bonchev–Trinajstić information content (AvgIpc) is 2.63. The number of benzene rings is 2. The van der Waals surface area contributed by atoms with E-state index in [0.717, 1.165) is 17.9 Å². The number of hydrogen-bond acceptors (Lipinski definition) is 3. The Morgan fingerprint density at radius 3 is 2.40 bits per heavy atom. The highest BCUT2D eigenvalue weighted by molar-refractivity contribution is 6.30. The van der Waals surface area contributed by atoms with Gasteiger partial charge in [0.15, 0.2) is 0 Å². The van der Waals surface area contributed by atoms with Crippen molar-refractivity contribution in [2.24, 2.45) is 0 Å². The number of nitrogens with zero attached hydrogens (tertiary/aromatic N) is 1. The molecule has 1 N–H and O–H groups in total. The second kappa shape index (κ2) is 9.44. The van der Waals surface area contributed by atoms with Crippen molar-refractivity contribution in [1.29, 1.82) is 0 Å². The van der Waals surface area contributed by atoms with Crippen LogP contribution >= 0.6 is 11.6 Å². The summed E-state index contributed by atoms with van der Waals surface area (Å²) < 4.78 is 5.67. The summed E-state index contributed by atoms with van der Waals surface area (Å²) in [5.41, 5.74) is 2.07. The van der Waals surface area contributed by atoms with Gasteiger partial charge in [0.2, 0.25) is 5.91 Å². The first-order valence-electron chi connectivity index (χ1n) is 8.48. The Bertz CT molecular complexity index is 671. The number of nitrogens with one attached hydrogen (secondary N) is 1. The van der Waals surface area contributed by atoms with Crippen LogP contribution in [0.4, 0.5) is 5.69 Å². The number of carbonyl (C=O) groups excluding carboxylic acids is 1. The van der Waals surface area contributed by atoms with Crippen LogP contribution in [0.1, 0.15) is 19.4 Å². The Hall–Kier alpha value is -2.04. The molecule has 5 heteroatoms. The molecule has 0 aliphatic rings. The predicted molar refractivity (Wildman–Crippen MR) is 103 cm³/mol. The minimum atomic E-state index is -0.250. The normalized spacial score (nSPS) is 12.0. The quantitative estimate of drug-likeness (QED) is 0.765. The van der Waals surface area contributed by atoms with Gasteiger partial charge in [-0.15, -0.1) is 0 Å². The highest BCUT2D eigenvalue weighted by atomic mass is 35.5. The highest BCUT2D eigenvalue weighted by Gasteiger charge is 2.18. The second-order valence-corrected chi connectivity index (χ2v) is 6.44. The zero-order chi connectivity index (χ0) is 18.2. The van der Waals surface area contributed by atoms with Gasteiger partial charge in [-0.3, -0.25) is 9.69 Å². The van der Waals surface area contributed by atoms with Crippen LogP contribution in [0.3, 0.4) is 0 Å². The Kier molecular flexibility index (Phi) is 7.29. The van der Waals surface area contributed by atoms with E-state index in [1.807, 2.05) is 55.3 Å². The number of carbonyl (C=O) groups is 1. The van der Waals surface area contributed by atoms with Crippen molar-refractivity contribution in [2.75, 3.05) is 25.5 Å². The maximum atomic E-state index is 12.4. The summed E-state index contributed by atoms with van der Waals surface area (Å²) in [5.74, 6) is 0.740. The number of anilines is 1. The molecule has 0 aromatic heterocycles. The zero-order valence-electron chi connectivity index (χ0n) is 15.0. The van der Waals surface area contributed by atoms with Crippen LogP contribution in [0, 0.1) is 0 Å². The fourth-order valence-corrected chi connectivity index (χ4v) is 2.43. The number of rotatable bonds is 8. The molecule has 2 rings (SSSR count). The molecule has 1 atom stereocenters. The molecular weight excluding hydrogens is 336 g/mol. The number of halogens is 1. The molecule has 0 saturated heterocycles. The van der Waals surface area contributed by atoms with Crippen LogP contribution in [-0.4, -0.2) is 37.0 Å². The van der Waals surface area contributed by atoms with E-state index in [4.69, 9.17) is 16.3 Å². The summed E-state index contributed by atoms with van der Waals surface area (Å²) in [6, 6.07) is 14.9. The van der Waals surface area contributed by atoms with Crippen molar-refractivity contribution >= 4 is 23.2 Å². The predicted octanol–water partition coefficient (Wildman–Crippen LogP) is 4.24. The van der Waals surface area contributed by atoms with Gasteiger partial charge in [0.25, 0.3) is 0 Å². The number of likely N-dealkylation sites (N-methyl/N-ethyl adjacent to an activating group) is 1. The van der Waals surface area contributed by atoms with Gasteiger partial charge in [0, 0.05) is 17.3 Å². The summed E-state index contributed by atoms with van der Waals surface area (Å²) in [5, 5.41) is 3.63. The Balaban J connectivity index is 1.78. The van der Waals surface area contributed by atoms with Crippen molar-refractivity contribution in [3.05, 3.63) is 59.1 Å². The summed E-state index contributed by atoms with van der Waals surface area (Å²) in [6.07, 6.45) is 0.987. The maximum Gasteiger partial charge on any atom is 0.241 e. The Labute approximate surface area is 154 Å². The lowest BCUT2D eigenvalue weighted by Crippen LogP contribution is -2.41. The van der Waals surface area contributed by atoms with Crippen LogP contribution in [0.5, 0.6) is 5.75 Å². The molecule has 1 unspecified atom stereocenters. The SMILES string of the molecule is CCc1ccc(NC(=O)C(C)N(C)CCOc2ccc(Cl)cc2)cc1. The van der Waals surface area contributed by atoms with E-state index in [1.54, 1.807) is 12.1 Å². The van der Waals surface area contributed by atoms with Crippen molar-refractivity contribution in [3.63, 3.8) is 0 Å². The number of aryl methyl sites for hydroxylation is 1. The van der Waals surface area contributed by atoms with Crippen LogP contribution in [0.25, 0.3) is 0 Å². The van der Waals surface area contributed by atoms with Gasteiger partial charge < -0.3 is 10.1 Å². The largest absolute Gasteiger partial charge is 0.492 e. The lowest BCUT2D eigenvalue weighted by atomic mass is 10.1. The summed E-state index contributed by atoms with van der Waals surface area (Å²) in [6.45, 7) is 5.14. The van der Waals surface area contributed by atoms with E-state index in [-0.39, 0.29) is 11.9 Å². The van der Waals surface area contributed by atoms with Crippen molar-refractivity contribution in [2.45, 2.75) is 26.3 Å². The van der Waals surface area contributed by atoms with E-state index >= 15 is 0 Å². The average molecular weight is 361 g/mol. The van der Waals surface area contributed by atoms with Crippen LogP contribution in [0.15, 0.2) is 48.5 Å². The fraction of sp³-hybridized carbons (Fsp3) is 0.350. The van der Waals surface area contributed by atoms with Crippen LogP contribution < -0.4 is 10.1 Å². The van der Waals surface area contributed by atoms with E-state index in [1.165, 1.54) is 5.56 Å². The van der Waals surface area contributed by atoms with Gasteiger partial charge in [-0.25, -0.2) is 0 Å². The minimum Gasteiger partial charge on any atom is -0.492 e. The molecule has 2 aromatic carbocycles. The molecule has 4 nitrogen and oxygen atoms in total. The van der Waals surface area contributed by atoms with E-state index in [9.17, 15) is 4.79 Å². The molecule has 0 heterocycles. The first-order chi connectivity index (χ1) is 12.0. The van der Waals surface area contributed by atoms with Crippen molar-refractivity contribution in [3.8, 4) is 5.75 Å². The monoisotopic (exact) mass is 360 g/mol. The maximum absolute atomic E-state index is 12.4. The summed E-state index contributed by atoms with van der Waals surface area (Å²) in [7, 11) is 1.91. The zero-order valence-corrected chi connectivity index (χ0v) is 15.7. The molecule has 0 saturated carbocycles. The number of amides is 1. The van der Waals surface area contributed by atoms with Crippen LogP contribution in [0.2, 0.25) is 5.02 Å². The van der Waals surface area contributed by atoms with Gasteiger partial charge in [-0.1, -0.05) is 30.7 Å². The minimum absolute atomic E-state index is 0.0294. The molecular formula is C20H25ClN2O2. The lowest BCUT2D eigenvalue weighted by molar-refractivity contribution is -0.120. The molecule has 2 aromatic rings. The third kappa shape index (κ3) is 6.07. The number of ether oxygens (including phenoxy) is 1. The van der Waals surface area contributed by atoms with Crippen molar-refractivity contribution in [1.82, 2.24) is 4.90 Å². The highest BCUT2D eigenvalue weighted by Crippen LogP contribution is 2.15. The van der Waals surface area contributed by atoms with Crippen molar-refractivity contribution < 1.29 is 9.53 Å². The molecule has 0 aliphatic heterocycles. The summed E-state index contributed by atoms with van der Waals surface area (Å²) in [4.78, 5) is 14.3. The van der Waals surface area contributed by atoms with Gasteiger partial charge in [0.05, 0.1) is 6.04 Å². The van der Waals surface area contributed by atoms with Gasteiger partial charge in [0.1, 0.15) is 12.4 Å². The van der Waals surface area contributed by atoms with E-state index in [0.29, 0.717) is 18.2 Å². The molecule has 25 heavy (non-hydrogen) atoms. The molecule has 134 valence electrons. The van der Waals surface area contributed by atoms with E-state index < -0.39 is 0 Å². The topological polar surface area (TPSA) is 41.6 Å². The lowest BCUT2D eigenvalue weighted by Gasteiger charge is -2.24. The first-order valence-corrected chi connectivity index (χ1v) is 8.85. The first kappa shape index (κ1) is 19.3. The molecule has 0 bridgehead atoms. The molecule has 1 amide bonds. The smallest absolute Gasteiger partial charge is 0.241 e. The third-order valence-electron chi connectivity index (χ3n) is 4.20. The van der Waals surface area contributed by atoms with Gasteiger partial charge >= 0.3 is 0 Å².